The Morgan fingerprint density at radius 2 is 1.68 bits per heavy atom. The minimum Gasteiger partial charge on any atom is -0.372 e. The predicted octanol–water partition coefficient (Wildman–Crippen LogP) is 2.81. The molecule has 2 heterocycles. The molecule has 1 aliphatic heterocycles. The Balaban J connectivity index is 1.42. The highest BCUT2D eigenvalue weighted by molar-refractivity contribution is 5.90. The molecule has 2 aromatic carbocycles. The number of hydrogen-bond acceptors (Lipinski definition) is 5. The second kappa shape index (κ2) is 8.21. The molecule has 0 atom stereocenters. The van der Waals surface area contributed by atoms with Crippen molar-refractivity contribution in [1.82, 2.24) is 15.0 Å². The van der Waals surface area contributed by atoms with Gasteiger partial charge in [-0.05, 0) is 49.2 Å². The zero-order chi connectivity index (χ0) is 19.3. The summed E-state index contributed by atoms with van der Waals surface area (Å²) in [4.78, 5) is 27.2. The molecule has 1 aliphatic rings. The molecular weight excluding hydrogens is 354 g/mol. The molecule has 7 nitrogen and oxygen atoms in total. The second-order valence-corrected chi connectivity index (χ2v) is 7.07. The van der Waals surface area contributed by atoms with Gasteiger partial charge in [-0.1, -0.05) is 30.2 Å². The number of hydrogen-bond donors (Lipinski definition) is 1. The highest BCUT2D eigenvalue weighted by Crippen LogP contribution is 2.21. The van der Waals surface area contributed by atoms with E-state index in [1.165, 1.54) is 31.4 Å². The molecule has 1 amide bonds. The maximum absolute atomic E-state index is 12.4. The molecule has 0 aliphatic carbocycles. The molecular formula is C21H23N5O2. The quantitative estimate of drug-likeness (QED) is 0.756. The maximum atomic E-state index is 12.4. The van der Waals surface area contributed by atoms with Crippen LogP contribution in [0, 0.1) is 0 Å². The predicted molar refractivity (Wildman–Crippen MR) is 110 cm³/mol. The number of fused-ring (bicyclic) bond motifs is 1. The van der Waals surface area contributed by atoms with E-state index in [1.54, 1.807) is 24.3 Å². The first-order valence-corrected chi connectivity index (χ1v) is 9.68. The average Bonchev–Trinajstić information content (AvgIpc) is 3.00. The third kappa shape index (κ3) is 4.03. The number of nitrogens with zero attached hydrogens (tertiary/aromatic N) is 4. The van der Waals surface area contributed by atoms with Gasteiger partial charge in [-0.15, -0.1) is 5.10 Å². The van der Waals surface area contributed by atoms with E-state index in [0.29, 0.717) is 16.6 Å². The molecule has 0 saturated carbocycles. The van der Waals surface area contributed by atoms with Gasteiger partial charge in [0.1, 0.15) is 12.1 Å². The molecule has 28 heavy (non-hydrogen) atoms. The van der Waals surface area contributed by atoms with Crippen LogP contribution in [0.1, 0.15) is 25.7 Å². The fourth-order valence-electron chi connectivity index (χ4n) is 3.55. The van der Waals surface area contributed by atoms with Crippen molar-refractivity contribution in [2.75, 3.05) is 23.3 Å². The smallest absolute Gasteiger partial charge is 0.278 e. The first-order valence-electron chi connectivity index (χ1n) is 9.68. The fraction of sp³-hybridized carbons (Fsp3) is 0.333. The van der Waals surface area contributed by atoms with E-state index in [-0.39, 0.29) is 18.0 Å². The molecule has 0 bridgehead atoms. The van der Waals surface area contributed by atoms with Crippen LogP contribution in [-0.2, 0) is 11.3 Å². The Kier molecular flexibility index (Phi) is 5.32. The Morgan fingerprint density at radius 3 is 2.43 bits per heavy atom. The van der Waals surface area contributed by atoms with Crippen molar-refractivity contribution < 1.29 is 4.79 Å². The van der Waals surface area contributed by atoms with Crippen LogP contribution in [0.5, 0.6) is 0 Å². The second-order valence-electron chi connectivity index (χ2n) is 7.07. The lowest BCUT2D eigenvalue weighted by atomic mass is 10.2. The van der Waals surface area contributed by atoms with E-state index in [0.717, 1.165) is 17.8 Å². The molecule has 1 aromatic heterocycles. The third-order valence-corrected chi connectivity index (χ3v) is 5.04. The first-order chi connectivity index (χ1) is 13.7. The summed E-state index contributed by atoms with van der Waals surface area (Å²) in [6.07, 6.45) is 5.03. The topological polar surface area (TPSA) is 80.1 Å². The van der Waals surface area contributed by atoms with Gasteiger partial charge in [0.2, 0.25) is 5.91 Å². The van der Waals surface area contributed by atoms with Crippen molar-refractivity contribution in [3.63, 3.8) is 0 Å². The minimum absolute atomic E-state index is 0.176. The molecule has 144 valence electrons. The summed E-state index contributed by atoms with van der Waals surface area (Å²) in [6, 6.07) is 14.8. The average molecular weight is 377 g/mol. The summed E-state index contributed by atoms with van der Waals surface area (Å²) in [7, 11) is 0. The van der Waals surface area contributed by atoms with Crippen molar-refractivity contribution in [3.8, 4) is 0 Å². The van der Waals surface area contributed by atoms with Crippen LogP contribution in [0.25, 0.3) is 10.9 Å². The number of rotatable bonds is 4. The highest BCUT2D eigenvalue weighted by atomic mass is 16.2. The van der Waals surface area contributed by atoms with E-state index in [1.807, 2.05) is 24.3 Å². The number of carbonyl (C=O) groups excluding carboxylic acids is 1. The van der Waals surface area contributed by atoms with Crippen LogP contribution in [0.4, 0.5) is 11.4 Å². The normalized spacial score (nSPS) is 14.6. The van der Waals surface area contributed by atoms with Crippen molar-refractivity contribution in [2.24, 2.45) is 0 Å². The Bertz CT molecular complexity index is 1020. The first kappa shape index (κ1) is 18.2. The van der Waals surface area contributed by atoms with Gasteiger partial charge in [-0.25, -0.2) is 4.68 Å². The van der Waals surface area contributed by atoms with Crippen molar-refractivity contribution >= 4 is 28.2 Å². The molecule has 3 aromatic rings. The summed E-state index contributed by atoms with van der Waals surface area (Å²) in [5, 5.41) is 11.1. The fourth-order valence-corrected chi connectivity index (χ4v) is 3.55. The van der Waals surface area contributed by atoms with Gasteiger partial charge in [0.05, 0.1) is 5.39 Å². The van der Waals surface area contributed by atoms with Crippen LogP contribution in [0.2, 0.25) is 0 Å². The van der Waals surface area contributed by atoms with Crippen LogP contribution in [-0.4, -0.2) is 34.0 Å². The summed E-state index contributed by atoms with van der Waals surface area (Å²) in [5.74, 6) is -0.311. The number of amides is 1. The van der Waals surface area contributed by atoms with Gasteiger partial charge in [0.25, 0.3) is 5.56 Å². The van der Waals surface area contributed by atoms with Gasteiger partial charge in [-0.3, -0.25) is 9.59 Å². The van der Waals surface area contributed by atoms with Gasteiger partial charge in [0, 0.05) is 24.5 Å². The zero-order valence-corrected chi connectivity index (χ0v) is 15.7. The van der Waals surface area contributed by atoms with E-state index < -0.39 is 0 Å². The summed E-state index contributed by atoms with van der Waals surface area (Å²) in [6.45, 7) is 1.98. The maximum Gasteiger partial charge on any atom is 0.278 e. The standard InChI is InChI=1S/C21H23N5O2/c27-20(15-26-21(28)18-7-3-4-8-19(18)23-24-26)22-16-9-11-17(12-10-16)25-13-5-1-2-6-14-25/h3-4,7-12H,1-2,5-6,13-15H2,(H,22,27). The van der Waals surface area contributed by atoms with Crippen molar-refractivity contribution in [3.05, 3.63) is 58.9 Å². The number of aromatic nitrogens is 3. The minimum atomic E-state index is -0.322. The summed E-state index contributed by atoms with van der Waals surface area (Å²) >= 11 is 0. The Morgan fingerprint density at radius 1 is 0.964 bits per heavy atom. The summed E-state index contributed by atoms with van der Waals surface area (Å²) in [5.41, 5.74) is 2.08. The molecule has 1 saturated heterocycles. The third-order valence-electron chi connectivity index (χ3n) is 5.04. The van der Waals surface area contributed by atoms with Crippen molar-refractivity contribution in [2.45, 2.75) is 32.2 Å². The molecule has 7 heteroatoms. The van der Waals surface area contributed by atoms with Gasteiger partial charge >= 0.3 is 0 Å². The van der Waals surface area contributed by atoms with Crippen LogP contribution in [0.15, 0.2) is 53.3 Å². The Labute approximate surface area is 163 Å². The SMILES string of the molecule is O=C(Cn1nnc2ccccc2c1=O)Nc1ccc(N2CCCCCC2)cc1. The van der Waals surface area contributed by atoms with Gasteiger partial charge in [0.15, 0.2) is 0 Å². The lowest BCUT2D eigenvalue weighted by molar-refractivity contribution is -0.117. The molecule has 1 fully saturated rings. The lowest BCUT2D eigenvalue weighted by Gasteiger charge is -2.22. The molecule has 1 N–H and O–H groups in total. The Hall–Kier alpha value is -3.22. The number of nitrogens with one attached hydrogen (secondary N) is 1. The van der Waals surface area contributed by atoms with Crippen LogP contribution < -0.4 is 15.8 Å². The summed E-state index contributed by atoms with van der Waals surface area (Å²) < 4.78 is 1.09. The monoisotopic (exact) mass is 377 g/mol. The molecule has 0 radical (unpaired) electrons. The largest absolute Gasteiger partial charge is 0.372 e. The van der Waals surface area contributed by atoms with Crippen LogP contribution >= 0.6 is 0 Å². The molecule has 4 rings (SSSR count). The highest BCUT2D eigenvalue weighted by Gasteiger charge is 2.12. The molecule has 0 unspecified atom stereocenters. The van der Waals surface area contributed by atoms with Gasteiger partial charge in [-0.2, -0.15) is 0 Å². The number of benzene rings is 2. The van der Waals surface area contributed by atoms with Crippen LogP contribution in [0.3, 0.4) is 0 Å². The van der Waals surface area contributed by atoms with Crippen molar-refractivity contribution in [1.29, 1.82) is 0 Å². The lowest BCUT2D eigenvalue weighted by Crippen LogP contribution is -2.30. The number of carbonyl (C=O) groups is 1. The zero-order valence-electron chi connectivity index (χ0n) is 15.7. The molecule has 0 spiro atoms. The van der Waals surface area contributed by atoms with E-state index in [9.17, 15) is 9.59 Å². The van der Waals surface area contributed by atoms with E-state index >= 15 is 0 Å². The van der Waals surface area contributed by atoms with E-state index in [4.69, 9.17) is 0 Å². The van der Waals surface area contributed by atoms with E-state index in [2.05, 4.69) is 20.5 Å². The number of anilines is 2. The van der Waals surface area contributed by atoms with Gasteiger partial charge < -0.3 is 10.2 Å².